The van der Waals surface area contributed by atoms with Crippen molar-refractivity contribution in [3.8, 4) is 17.2 Å². The largest absolute Gasteiger partial charge is 0.491 e. The van der Waals surface area contributed by atoms with Gasteiger partial charge in [0, 0.05) is 23.7 Å². The Balaban J connectivity index is 1.77. The lowest BCUT2D eigenvalue weighted by molar-refractivity contribution is -0.124. The first-order chi connectivity index (χ1) is 15.5. The van der Waals surface area contributed by atoms with Crippen LogP contribution in [0.5, 0.6) is 17.2 Å². The highest BCUT2D eigenvalue weighted by Gasteiger charge is 2.24. The molecule has 2 aromatic rings. The zero-order valence-corrected chi connectivity index (χ0v) is 17.3. The fourth-order valence-corrected chi connectivity index (χ4v) is 3.04. The van der Waals surface area contributed by atoms with E-state index in [1.165, 1.54) is 11.6 Å². The van der Waals surface area contributed by atoms with Crippen molar-refractivity contribution in [1.29, 1.82) is 0 Å². The fourth-order valence-electron chi connectivity index (χ4n) is 3.04. The van der Waals surface area contributed by atoms with Crippen LogP contribution in [0.25, 0.3) is 0 Å². The van der Waals surface area contributed by atoms with Crippen LogP contribution >= 0.6 is 0 Å². The molecule has 0 fully saturated rings. The molecule has 10 heteroatoms. The van der Waals surface area contributed by atoms with Crippen LogP contribution in [0.1, 0.15) is 18.6 Å². The van der Waals surface area contributed by atoms with Crippen molar-refractivity contribution in [3.05, 3.63) is 60.2 Å². The van der Waals surface area contributed by atoms with Gasteiger partial charge < -0.3 is 24.1 Å². The lowest BCUT2D eigenvalue weighted by Crippen LogP contribution is -2.22. The van der Waals surface area contributed by atoms with Gasteiger partial charge in [0.2, 0.25) is 6.79 Å². The highest BCUT2D eigenvalue weighted by atomic mass is 16.7. The van der Waals surface area contributed by atoms with Gasteiger partial charge in [-0.25, -0.2) is 10.3 Å². The van der Waals surface area contributed by atoms with Crippen molar-refractivity contribution in [2.75, 3.05) is 25.3 Å². The molecule has 0 aliphatic carbocycles. The molecule has 2 amide bonds. The van der Waals surface area contributed by atoms with E-state index in [1.54, 1.807) is 49.4 Å². The standard InChI is InChI=1S/C22H24N2O8/c1-14(5-8-20(26)24-28)21(15-3-2-4-17(11-15)29-10-9-25)32-22(27)23-16-6-7-18-19(12-16)31-13-30-18/h2-8,11-12,14,21,25,28H,9-10,13H2,1H3,(H,23,27)(H,24,26)/b8-5+/t14-,21+/m1/s1. The molecule has 2 aromatic carbocycles. The summed E-state index contributed by atoms with van der Waals surface area (Å²) in [5.41, 5.74) is 2.59. The number of hydroxylamine groups is 1. The number of amides is 2. The molecule has 0 bridgehead atoms. The number of carbonyl (C=O) groups excluding carboxylic acids is 2. The van der Waals surface area contributed by atoms with E-state index in [1.807, 2.05) is 0 Å². The van der Waals surface area contributed by atoms with Crippen molar-refractivity contribution >= 4 is 17.7 Å². The molecule has 32 heavy (non-hydrogen) atoms. The van der Waals surface area contributed by atoms with E-state index in [9.17, 15) is 9.59 Å². The van der Waals surface area contributed by atoms with Crippen LogP contribution in [0, 0.1) is 5.92 Å². The average molecular weight is 444 g/mol. The summed E-state index contributed by atoms with van der Waals surface area (Å²) in [7, 11) is 0. The second-order valence-electron chi connectivity index (χ2n) is 6.86. The number of anilines is 1. The van der Waals surface area contributed by atoms with E-state index in [0.29, 0.717) is 28.5 Å². The summed E-state index contributed by atoms with van der Waals surface area (Å²) >= 11 is 0. The number of rotatable bonds is 9. The number of carbonyl (C=O) groups is 2. The Labute approximate surface area is 184 Å². The number of aliphatic hydroxyl groups excluding tert-OH is 1. The first-order valence-electron chi connectivity index (χ1n) is 9.83. The molecule has 0 aromatic heterocycles. The molecule has 10 nitrogen and oxygen atoms in total. The van der Waals surface area contributed by atoms with Gasteiger partial charge in [0.15, 0.2) is 11.5 Å². The summed E-state index contributed by atoms with van der Waals surface area (Å²) < 4.78 is 21.7. The minimum absolute atomic E-state index is 0.116. The third-order valence-electron chi connectivity index (χ3n) is 4.54. The van der Waals surface area contributed by atoms with E-state index >= 15 is 0 Å². The molecule has 1 aliphatic heterocycles. The van der Waals surface area contributed by atoms with Gasteiger partial charge in [0.05, 0.1) is 6.61 Å². The molecule has 1 aliphatic rings. The SMILES string of the molecule is C[C@H](/C=C/C(=O)NO)[C@H](OC(=O)Nc1ccc2c(c1)OCO2)c1cccc(OCCO)c1. The van der Waals surface area contributed by atoms with Gasteiger partial charge in [0.1, 0.15) is 18.5 Å². The first-order valence-corrected chi connectivity index (χ1v) is 9.83. The topological polar surface area (TPSA) is 136 Å². The lowest BCUT2D eigenvalue weighted by atomic mass is 9.96. The molecule has 0 saturated carbocycles. The molecule has 2 atom stereocenters. The van der Waals surface area contributed by atoms with Gasteiger partial charge in [-0.2, -0.15) is 0 Å². The summed E-state index contributed by atoms with van der Waals surface area (Å²) in [6, 6.07) is 11.8. The third kappa shape index (κ3) is 6.13. The van der Waals surface area contributed by atoms with Crippen molar-refractivity contribution in [1.82, 2.24) is 5.48 Å². The van der Waals surface area contributed by atoms with Crippen LogP contribution in [0.2, 0.25) is 0 Å². The van der Waals surface area contributed by atoms with Crippen LogP contribution in [0.15, 0.2) is 54.6 Å². The van der Waals surface area contributed by atoms with E-state index < -0.39 is 24.0 Å². The zero-order chi connectivity index (χ0) is 22.9. The van der Waals surface area contributed by atoms with Gasteiger partial charge in [-0.1, -0.05) is 25.1 Å². The van der Waals surface area contributed by atoms with E-state index in [4.69, 9.17) is 29.3 Å². The Hall–Kier alpha value is -3.76. The van der Waals surface area contributed by atoms with Gasteiger partial charge in [-0.15, -0.1) is 0 Å². The highest BCUT2D eigenvalue weighted by Crippen LogP contribution is 2.35. The first kappa shape index (κ1) is 22.9. The maximum absolute atomic E-state index is 12.6. The Kier molecular flexibility index (Phi) is 7.90. The van der Waals surface area contributed by atoms with Crippen LogP contribution in [0.3, 0.4) is 0 Å². The Morgan fingerprint density at radius 1 is 1.19 bits per heavy atom. The summed E-state index contributed by atoms with van der Waals surface area (Å²) in [5.74, 6) is 0.441. The smallest absolute Gasteiger partial charge is 0.412 e. The Bertz CT molecular complexity index is 978. The van der Waals surface area contributed by atoms with Gasteiger partial charge in [0.25, 0.3) is 5.91 Å². The molecule has 0 spiro atoms. The molecular weight excluding hydrogens is 420 g/mol. The van der Waals surface area contributed by atoms with Crippen LogP contribution < -0.4 is 25.0 Å². The number of ether oxygens (including phenoxy) is 4. The molecule has 170 valence electrons. The van der Waals surface area contributed by atoms with Crippen molar-refractivity contribution < 1.29 is 38.9 Å². The molecular formula is C22H24N2O8. The average Bonchev–Trinajstić information content (AvgIpc) is 3.27. The molecule has 0 saturated heterocycles. The van der Waals surface area contributed by atoms with E-state index in [0.717, 1.165) is 6.08 Å². The van der Waals surface area contributed by atoms with Gasteiger partial charge >= 0.3 is 6.09 Å². The number of hydrogen-bond acceptors (Lipinski definition) is 8. The molecule has 3 rings (SSSR count). The Morgan fingerprint density at radius 3 is 2.78 bits per heavy atom. The minimum Gasteiger partial charge on any atom is -0.491 e. The van der Waals surface area contributed by atoms with E-state index in [2.05, 4.69) is 5.32 Å². The number of hydrogen-bond donors (Lipinski definition) is 4. The Morgan fingerprint density at radius 2 is 2.00 bits per heavy atom. The van der Waals surface area contributed by atoms with Crippen molar-refractivity contribution in [3.63, 3.8) is 0 Å². The van der Waals surface area contributed by atoms with E-state index in [-0.39, 0.29) is 20.0 Å². The zero-order valence-electron chi connectivity index (χ0n) is 17.3. The predicted octanol–water partition coefficient (Wildman–Crippen LogP) is 2.77. The van der Waals surface area contributed by atoms with Crippen LogP contribution in [-0.4, -0.2) is 42.3 Å². The van der Waals surface area contributed by atoms with Crippen LogP contribution in [-0.2, 0) is 9.53 Å². The second kappa shape index (κ2) is 11.0. The van der Waals surface area contributed by atoms with Crippen molar-refractivity contribution in [2.45, 2.75) is 13.0 Å². The maximum atomic E-state index is 12.6. The molecule has 0 unspecified atom stereocenters. The summed E-state index contributed by atoms with van der Waals surface area (Å²) in [5, 5.41) is 20.3. The number of fused-ring (bicyclic) bond motifs is 1. The molecule has 0 radical (unpaired) electrons. The second-order valence-corrected chi connectivity index (χ2v) is 6.86. The monoisotopic (exact) mass is 444 g/mol. The number of aliphatic hydroxyl groups is 1. The van der Waals surface area contributed by atoms with Crippen molar-refractivity contribution in [2.24, 2.45) is 5.92 Å². The number of nitrogens with one attached hydrogen (secondary N) is 2. The minimum atomic E-state index is -0.788. The predicted molar refractivity (Wildman–Crippen MR) is 113 cm³/mol. The summed E-state index contributed by atoms with van der Waals surface area (Å²) in [6.07, 6.45) is 1.14. The lowest BCUT2D eigenvalue weighted by Gasteiger charge is -2.23. The summed E-state index contributed by atoms with van der Waals surface area (Å²) in [4.78, 5) is 24.0. The quantitative estimate of drug-likeness (QED) is 0.263. The fraction of sp³-hybridized carbons (Fsp3) is 0.273. The summed E-state index contributed by atoms with van der Waals surface area (Å²) in [6.45, 7) is 1.84. The third-order valence-corrected chi connectivity index (χ3v) is 4.54. The maximum Gasteiger partial charge on any atom is 0.412 e. The normalized spacial score (nSPS) is 14.0. The van der Waals surface area contributed by atoms with Gasteiger partial charge in [-0.3, -0.25) is 15.3 Å². The highest BCUT2D eigenvalue weighted by molar-refractivity contribution is 5.86. The number of benzene rings is 2. The van der Waals surface area contributed by atoms with Gasteiger partial charge in [-0.05, 0) is 29.8 Å². The van der Waals surface area contributed by atoms with Crippen LogP contribution in [0.4, 0.5) is 10.5 Å². The molecule has 4 N–H and O–H groups in total. The molecule has 1 heterocycles.